The van der Waals surface area contributed by atoms with Gasteiger partial charge in [-0.05, 0) is 19.3 Å². The minimum atomic E-state index is -0.499. The lowest BCUT2D eigenvalue weighted by molar-refractivity contribution is -0.125. The van der Waals surface area contributed by atoms with Gasteiger partial charge in [0.15, 0.2) is 0 Å². The maximum absolute atomic E-state index is 12.2. The molecule has 1 aliphatic heterocycles. The SMILES string of the molecule is Cc1nc(-c2ccccc2)sc1NC(=O)N[C@@H]1C(=O)NCC[C@@H]1C. The van der Waals surface area contributed by atoms with E-state index in [4.69, 9.17) is 0 Å². The maximum atomic E-state index is 12.2. The van der Waals surface area contributed by atoms with Crippen LogP contribution < -0.4 is 16.0 Å². The predicted octanol–water partition coefficient (Wildman–Crippen LogP) is 2.76. The Balaban J connectivity index is 1.68. The van der Waals surface area contributed by atoms with Crippen LogP contribution >= 0.6 is 11.3 Å². The van der Waals surface area contributed by atoms with Crippen molar-refractivity contribution in [2.45, 2.75) is 26.3 Å². The summed E-state index contributed by atoms with van der Waals surface area (Å²) in [5.41, 5.74) is 1.77. The van der Waals surface area contributed by atoms with Crippen LogP contribution in [0, 0.1) is 12.8 Å². The summed E-state index contributed by atoms with van der Waals surface area (Å²) in [5.74, 6) is -0.0122. The molecule has 0 radical (unpaired) electrons. The number of aromatic nitrogens is 1. The number of carbonyl (C=O) groups is 2. The molecule has 1 fully saturated rings. The van der Waals surface area contributed by atoms with Crippen LogP contribution in [0.3, 0.4) is 0 Å². The summed E-state index contributed by atoms with van der Waals surface area (Å²) in [6.45, 7) is 4.48. The van der Waals surface area contributed by atoms with E-state index in [9.17, 15) is 9.59 Å². The summed E-state index contributed by atoms with van der Waals surface area (Å²) < 4.78 is 0. The van der Waals surface area contributed by atoms with E-state index in [1.807, 2.05) is 44.2 Å². The van der Waals surface area contributed by atoms with Gasteiger partial charge in [0.2, 0.25) is 5.91 Å². The Morgan fingerprint density at radius 1 is 1.33 bits per heavy atom. The smallest absolute Gasteiger partial charge is 0.320 e. The molecule has 6 nitrogen and oxygen atoms in total. The Labute approximate surface area is 144 Å². The second-order valence-corrected chi connectivity index (χ2v) is 6.93. The van der Waals surface area contributed by atoms with Gasteiger partial charge in [0.1, 0.15) is 16.1 Å². The second-order valence-electron chi connectivity index (χ2n) is 5.93. The Morgan fingerprint density at radius 2 is 2.08 bits per heavy atom. The predicted molar refractivity (Wildman–Crippen MR) is 95.0 cm³/mol. The van der Waals surface area contributed by atoms with Crippen molar-refractivity contribution in [2.24, 2.45) is 5.92 Å². The molecule has 24 heavy (non-hydrogen) atoms. The summed E-state index contributed by atoms with van der Waals surface area (Å²) in [6, 6.07) is 8.94. The van der Waals surface area contributed by atoms with Gasteiger partial charge in [-0.1, -0.05) is 48.6 Å². The quantitative estimate of drug-likeness (QED) is 0.800. The minimum absolute atomic E-state index is 0.118. The molecular formula is C17H20N4O2S. The highest BCUT2D eigenvalue weighted by atomic mass is 32.1. The molecule has 1 aliphatic rings. The molecule has 3 N–H and O–H groups in total. The van der Waals surface area contributed by atoms with E-state index in [0.29, 0.717) is 11.5 Å². The molecule has 0 unspecified atom stereocenters. The Kier molecular flexibility index (Phi) is 4.80. The van der Waals surface area contributed by atoms with Crippen molar-refractivity contribution < 1.29 is 9.59 Å². The van der Waals surface area contributed by atoms with E-state index in [2.05, 4.69) is 20.9 Å². The van der Waals surface area contributed by atoms with Crippen molar-refractivity contribution >= 4 is 28.3 Å². The Hall–Kier alpha value is -2.41. The van der Waals surface area contributed by atoms with Crippen LogP contribution in [0.4, 0.5) is 9.80 Å². The van der Waals surface area contributed by atoms with Crippen molar-refractivity contribution in [3.05, 3.63) is 36.0 Å². The molecule has 2 aromatic rings. The minimum Gasteiger partial charge on any atom is -0.354 e. The number of rotatable bonds is 3. The van der Waals surface area contributed by atoms with Crippen LogP contribution in [0.1, 0.15) is 19.0 Å². The maximum Gasteiger partial charge on any atom is 0.320 e. The van der Waals surface area contributed by atoms with Gasteiger partial charge in [-0.3, -0.25) is 10.1 Å². The zero-order valence-electron chi connectivity index (χ0n) is 13.6. The molecule has 0 aliphatic carbocycles. The third kappa shape index (κ3) is 3.56. The standard InChI is InChI=1S/C17H20N4O2S/c1-10-8-9-18-14(22)13(10)20-17(23)21-15-11(2)19-16(24-15)12-6-4-3-5-7-12/h3-7,10,13H,8-9H2,1-2H3,(H,18,22)(H2,20,21,23)/t10-,13-/m0/s1. The summed E-state index contributed by atoms with van der Waals surface area (Å²) in [4.78, 5) is 28.6. The third-order valence-corrected chi connectivity index (χ3v) is 5.20. The highest BCUT2D eigenvalue weighted by Crippen LogP contribution is 2.31. The Bertz CT molecular complexity index is 744. The van der Waals surface area contributed by atoms with Gasteiger partial charge in [0, 0.05) is 12.1 Å². The number of amides is 3. The van der Waals surface area contributed by atoms with Crippen molar-refractivity contribution in [3.8, 4) is 10.6 Å². The number of hydrogen-bond acceptors (Lipinski definition) is 4. The highest BCUT2D eigenvalue weighted by Gasteiger charge is 2.30. The zero-order chi connectivity index (χ0) is 17.1. The summed E-state index contributed by atoms with van der Waals surface area (Å²) in [6.07, 6.45) is 0.856. The van der Waals surface area contributed by atoms with E-state index in [1.165, 1.54) is 11.3 Å². The van der Waals surface area contributed by atoms with E-state index >= 15 is 0 Å². The fourth-order valence-corrected chi connectivity index (χ4v) is 3.63. The van der Waals surface area contributed by atoms with Gasteiger partial charge in [0.25, 0.3) is 0 Å². The third-order valence-electron chi connectivity index (χ3n) is 4.08. The highest BCUT2D eigenvalue weighted by molar-refractivity contribution is 7.19. The number of aryl methyl sites for hydroxylation is 1. The number of nitrogens with zero attached hydrogens (tertiary/aromatic N) is 1. The van der Waals surface area contributed by atoms with E-state index < -0.39 is 6.04 Å². The average Bonchev–Trinajstić information content (AvgIpc) is 2.93. The lowest BCUT2D eigenvalue weighted by Crippen LogP contribution is -2.55. The molecule has 2 atom stereocenters. The lowest BCUT2D eigenvalue weighted by Gasteiger charge is -2.28. The van der Waals surface area contributed by atoms with Crippen LogP contribution in [0.2, 0.25) is 0 Å². The molecule has 0 saturated carbocycles. The van der Waals surface area contributed by atoms with Gasteiger partial charge >= 0.3 is 6.03 Å². The van der Waals surface area contributed by atoms with Crippen LogP contribution in [-0.2, 0) is 4.79 Å². The van der Waals surface area contributed by atoms with E-state index in [-0.39, 0.29) is 17.9 Å². The van der Waals surface area contributed by atoms with Crippen molar-refractivity contribution in [1.82, 2.24) is 15.6 Å². The molecule has 3 amide bonds. The largest absolute Gasteiger partial charge is 0.354 e. The molecule has 0 bridgehead atoms. The normalized spacial score (nSPS) is 20.3. The number of piperidine rings is 1. The first-order valence-corrected chi connectivity index (χ1v) is 8.74. The first kappa shape index (κ1) is 16.4. The number of thiazole rings is 1. The number of anilines is 1. The lowest BCUT2D eigenvalue weighted by atomic mass is 9.94. The molecule has 7 heteroatoms. The Morgan fingerprint density at radius 3 is 2.79 bits per heavy atom. The van der Waals surface area contributed by atoms with Gasteiger partial charge in [0.05, 0.1) is 5.69 Å². The van der Waals surface area contributed by atoms with Crippen molar-refractivity contribution in [2.75, 3.05) is 11.9 Å². The summed E-state index contributed by atoms with van der Waals surface area (Å²) in [5, 5.41) is 9.90. The van der Waals surface area contributed by atoms with Crippen molar-refractivity contribution in [1.29, 1.82) is 0 Å². The molecule has 0 spiro atoms. The average molecular weight is 344 g/mol. The molecule has 3 rings (SSSR count). The molecule has 126 valence electrons. The van der Waals surface area contributed by atoms with Gasteiger partial charge in [-0.25, -0.2) is 9.78 Å². The second kappa shape index (κ2) is 7.00. The van der Waals surface area contributed by atoms with Gasteiger partial charge in [-0.15, -0.1) is 0 Å². The number of benzene rings is 1. The molecule has 2 heterocycles. The van der Waals surface area contributed by atoms with Gasteiger partial charge < -0.3 is 10.6 Å². The monoisotopic (exact) mass is 344 g/mol. The van der Waals surface area contributed by atoms with Crippen LogP contribution in [0.15, 0.2) is 30.3 Å². The molecule has 1 saturated heterocycles. The fourth-order valence-electron chi connectivity index (χ4n) is 2.66. The molecule has 1 aromatic heterocycles. The first-order chi connectivity index (χ1) is 11.5. The fraction of sp³-hybridized carbons (Fsp3) is 0.353. The number of hydrogen-bond donors (Lipinski definition) is 3. The van der Waals surface area contributed by atoms with Crippen molar-refractivity contribution in [3.63, 3.8) is 0 Å². The number of carbonyl (C=O) groups excluding carboxylic acids is 2. The van der Waals surface area contributed by atoms with Crippen LogP contribution in [0.25, 0.3) is 10.6 Å². The van der Waals surface area contributed by atoms with Crippen LogP contribution in [-0.4, -0.2) is 29.5 Å². The zero-order valence-corrected chi connectivity index (χ0v) is 14.4. The molecular weight excluding hydrogens is 324 g/mol. The topological polar surface area (TPSA) is 83.1 Å². The summed E-state index contributed by atoms with van der Waals surface area (Å²) >= 11 is 1.42. The number of urea groups is 1. The van der Waals surface area contributed by atoms with E-state index in [1.54, 1.807) is 0 Å². The van der Waals surface area contributed by atoms with Crippen LogP contribution in [0.5, 0.6) is 0 Å². The molecule has 1 aromatic carbocycles. The first-order valence-electron chi connectivity index (χ1n) is 7.92. The number of nitrogens with one attached hydrogen (secondary N) is 3. The van der Waals surface area contributed by atoms with E-state index in [0.717, 1.165) is 22.7 Å². The van der Waals surface area contributed by atoms with Gasteiger partial charge in [-0.2, -0.15) is 0 Å². The summed E-state index contributed by atoms with van der Waals surface area (Å²) in [7, 11) is 0.